The molecule has 1 aromatic heterocycles. The molecular formula is C13H12N2O4. The summed E-state index contributed by atoms with van der Waals surface area (Å²) in [6.45, 7) is 1.86. The molecule has 98 valence electrons. The fourth-order valence-corrected chi connectivity index (χ4v) is 1.63. The molecule has 4 amide bonds. The Morgan fingerprint density at radius 3 is 2.79 bits per heavy atom. The lowest BCUT2D eigenvalue weighted by Gasteiger charge is -2.24. The Bertz CT molecular complexity index is 569. The van der Waals surface area contributed by atoms with E-state index in [0.29, 0.717) is 5.76 Å². The molecule has 0 aromatic carbocycles. The van der Waals surface area contributed by atoms with Crippen molar-refractivity contribution in [2.45, 2.75) is 6.92 Å². The number of furan rings is 1. The van der Waals surface area contributed by atoms with Crippen LogP contribution in [0.3, 0.4) is 0 Å². The van der Waals surface area contributed by atoms with Crippen molar-refractivity contribution in [2.75, 3.05) is 6.54 Å². The van der Waals surface area contributed by atoms with Crippen molar-refractivity contribution in [1.29, 1.82) is 0 Å². The van der Waals surface area contributed by atoms with Crippen LogP contribution in [0.25, 0.3) is 6.08 Å². The van der Waals surface area contributed by atoms with Crippen molar-refractivity contribution < 1.29 is 18.8 Å². The first-order chi connectivity index (χ1) is 9.13. The van der Waals surface area contributed by atoms with E-state index in [1.54, 1.807) is 25.1 Å². The lowest BCUT2D eigenvalue weighted by molar-refractivity contribution is -0.130. The summed E-state index contributed by atoms with van der Waals surface area (Å²) in [6, 6.07) is 2.77. The van der Waals surface area contributed by atoms with Gasteiger partial charge >= 0.3 is 6.03 Å². The number of allylic oxidation sites excluding steroid dienone is 2. The molecule has 1 saturated heterocycles. The van der Waals surface area contributed by atoms with Crippen molar-refractivity contribution in [2.24, 2.45) is 0 Å². The maximum atomic E-state index is 11.9. The second-order valence-electron chi connectivity index (χ2n) is 3.76. The maximum Gasteiger partial charge on any atom is 0.331 e. The molecule has 1 aliphatic rings. The van der Waals surface area contributed by atoms with Crippen molar-refractivity contribution in [3.63, 3.8) is 0 Å². The van der Waals surface area contributed by atoms with Crippen molar-refractivity contribution in [1.82, 2.24) is 10.2 Å². The molecule has 6 nitrogen and oxygen atoms in total. The predicted octanol–water partition coefficient (Wildman–Crippen LogP) is 1.32. The Morgan fingerprint density at radius 2 is 2.16 bits per heavy atom. The van der Waals surface area contributed by atoms with Crippen LogP contribution in [0.2, 0.25) is 0 Å². The van der Waals surface area contributed by atoms with Gasteiger partial charge in [-0.1, -0.05) is 6.08 Å². The molecular weight excluding hydrogens is 248 g/mol. The second kappa shape index (κ2) is 5.34. The number of rotatable bonds is 3. The minimum atomic E-state index is -0.691. The SMILES string of the molecule is CCN1C(=O)NC(=O)/C(=C\C=C\c2ccco2)C1=O. The van der Waals surface area contributed by atoms with E-state index in [1.165, 1.54) is 18.4 Å². The second-order valence-corrected chi connectivity index (χ2v) is 3.76. The topological polar surface area (TPSA) is 79.6 Å². The normalized spacial score (nSPS) is 18.5. The number of imide groups is 2. The number of hydrogen-bond donors (Lipinski definition) is 1. The molecule has 19 heavy (non-hydrogen) atoms. The average Bonchev–Trinajstić information content (AvgIpc) is 2.86. The molecule has 1 N–H and O–H groups in total. The zero-order valence-corrected chi connectivity index (χ0v) is 10.3. The summed E-state index contributed by atoms with van der Waals surface area (Å²) in [4.78, 5) is 35.8. The molecule has 2 heterocycles. The summed E-state index contributed by atoms with van der Waals surface area (Å²) >= 11 is 0. The summed E-state index contributed by atoms with van der Waals surface area (Å²) in [6.07, 6.45) is 6.01. The molecule has 0 spiro atoms. The van der Waals surface area contributed by atoms with Gasteiger partial charge in [0.15, 0.2) is 0 Å². The highest BCUT2D eigenvalue weighted by molar-refractivity contribution is 6.28. The Labute approximate surface area is 109 Å². The zero-order valence-electron chi connectivity index (χ0n) is 10.3. The van der Waals surface area contributed by atoms with E-state index in [-0.39, 0.29) is 12.1 Å². The van der Waals surface area contributed by atoms with E-state index in [9.17, 15) is 14.4 Å². The van der Waals surface area contributed by atoms with Crippen LogP contribution >= 0.6 is 0 Å². The standard InChI is InChI=1S/C13H12N2O4/c1-2-15-12(17)10(11(16)14-13(15)18)7-3-5-9-6-4-8-19-9/h3-8H,2H2,1H3,(H,14,16,18)/b5-3+,10-7+. The summed E-state index contributed by atoms with van der Waals surface area (Å²) in [5.74, 6) is -0.687. The first kappa shape index (κ1) is 12.8. The van der Waals surface area contributed by atoms with E-state index >= 15 is 0 Å². The summed E-state index contributed by atoms with van der Waals surface area (Å²) in [5.41, 5.74) is -0.0794. The van der Waals surface area contributed by atoms with Gasteiger partial charge in [0, 0.05) is 6.54 Å². The Morgan fingerprint density at radius 1 is 1.37 bits per heavy atom. The number of carbonyl (C=O) groups is 3. The number of hydrogen-bond acceptors (Lipinski definition) is 4. The minimum Gasteiger partial charge on any atom is -0.465 e. The Balaban J connectivity index is 2.20. The number of nitrogens with one attached hydrogen (secondary N) is 1. The summed E-state index contributed by atoms with van der Waals surface area (Å²) in [5, 5.41) is 2.11. The average molecular weight is 260 g/mol. The van der Waals surface area contributed by atoms with Crippen LogP contribution in [0.1, 0.15) is 12.7 Å². The van der Waals surface area contributed by atoms with Gasteiger partial charge in [0.05, 0.1) is 6.26 Å². The van der Waals surface area contributed by atoms with Crippen LogP contribution in [0, 0.1) is 0 Å². The number of barbiturate groups is 1. The third kappa shape index (κ3) is 2.62. The van der Waals surface area contributed by atoms with Gasteiger partial charge in [0.25, 0.3) is 11.8 Å². The van der Waals surface area contributed by atoms with Crippen LogP contribution in [0.5, 0.6) is 0 Å². The van der Waals surface area contributed by atoms with E-state index in [0.717, 1.165) is 4.90 Å². The molecule has 0 radical (unpaired) electrons. The largest absolute Gasteiger partial charge is 0.465 e. The summed E-state index contributed by atoms with van der Waals surface area (Å²) < 4.78 is 5.07. The van der Waals surface area contributed by atoms with Crippen molar-refractivity contribution >= 4 is 23.9 Å². The third-order valence-electron chi connectivity index (χ3n) is 2.57. The smallest absolute Gasteiger partial charge is 0.331 e. The predicted molar refractivity (Wildman–Crippen MR) is 66.8 cm³/mol. The molecule has 1 aliphatic heterocycles. The lowest BCUT2D eigenvalue weighted by Crippen LogP contribution is -2.53. The van der Waals surface area contributed by atoms with Crippen LogP contribution in [-0.2, 0) is 9.59 Å². The van der Waals surface area contributed by atoms with Crippen molar-refractivity contribution in [3.05, 3.63) is 41.9 Å². The van der Waals surface area contributed by atoms with Gasteiger partial charge in [0.2, 0.25) is 0 Å². The van der Waals surface area contributed by atoms with Crippen LogP contribution in [0.15, 0.2) is 40.5 Å². The van der Waals surface area contributed by atoms with Crippen LogP contribution < -0.4 is 5.32 Å². The van der Waals surface area contributed by atoms with E-state index in [2.05, 4.69) is 5.32 Å². The highest BCUT2D eigenvalue weighted by Crippen LogP contribution is 2.10. The number of urea groups is 1. The van der Waals surface area contributed by atoms with Gasteiger partial charge in [-0.3, -0.25) is 19.8 Å². The highest BCUT2D eigenvalue weighted by atomic mass is 16.3. The van der Waals surface area contributed by atoms with Gasteiger partial charge in [-0.15, -0.1) is 0 Å². The maximum absolute atomic E-state index is 11.9. The lowest BCUT2D eigenvalue weighted by atomic mass is 10.1. The number of carbonyl (C=O) groups excluding carboxylic acids is 3. The number of nitrogens with zero attached hydrogens (tertiary/aromatic N) is 1. The zero-order chi connectivity index (χ0) is 13.8. The third-order valence-corrected chi connectivity index (χ3v) is 2.57. The summed E-state index contributed by atoms with van der Waals surface area (Å²) in [7, 11) is 0. The van der Waals surface area contributed by atoms with Gasteiger partial charge in [-0.2, -0.15) is 0 Å². The molecule has 1 aromatic rings. The molecule has 2 rings (SSSR count). The fourth-order valence-electron chi connectivity index (χ4n) is 1.63. The monoisotopic (exact) mass is 260 g/mol. The highest BCUT2D eigenvalue weighted by Gasteiger charge is 2.34. The van der Waals surface area contributed by atoms with E-state index in [4.69, 9.17) is 4.42 Å². The molecule has 0 atom stereocenters. The fraction of sp³-hybridized carbons (Fsp3) is 0.154. The van der Waals surface area contributed by atoms with E-state index < -0.39 is 17.8 Å². The quantitative estimate of drug-likeness (QED) is 0.656. The molecule has 0 bridgehead atoms. The van der Waals surface area contributed by atoms with Crippen LogP contribution in [0.4, 0.5) is 4.79 Å². The Hall–Kier alpha value is -2.63. The van der Waals surface area contributed by atoms with Gasteiger partial charge < -0.3 is 4.42 Å². The molecule has 0 unspecified atom stereocenters. The molecule has 0 aliphatic carbocycles. The molecule has 0 saturated carbocycles. The van der Waals surface area contributed by atoms with Gasteiger partial charge in [-0.25, -0.2) is 4.79 Å². The molecule has 6 heteroatoms. The van der Waals surface area contributed by atoms with Crippen molar-refractivity contribution in [3.8, 4) is 0 Å². The minimum absolute atomic E-state index is 0.0794. The molecule has 1 fully saturated rings. The van der Waals surface area contributed by atoms with Gasteiger partial charge in [-0.05, 0) is 31.2 Å². The van der Waals surface area contributed by atoms with Crippen LogP contribution in [-0.4, -0.2) is 29.3 Å². The first-order valence-corrected chi connectivity index (χ1v) is 5.72. The number of likely N-dealkylation sites (N-methyl/N-ethyl adjacent to an activating group) is 1. The van der Waals surface area contributed by atoms with Gasteiger partial charge in [0.1, 0.15) is 11.3 Å². The van der Waals surface area contributed by atoms with E-state index in [1.807, 2.05) is 0 Å². The Kier molecular flexibility index (Phi) is 3.61. The first-order valence-electron chi connectivity index (χ1n) is 5.72. The number of amides is 4.